The van der Waals surface area contributed by atoms with E-state index in [1.54, 1.807) is 0 Å². The fraction of sp³-hybridized carbons (Fsp3) is 0.200. The van der Waals surface area contributed by atoms with E-state index in [1.807, 2.05) is 0 Å². The monoisotopic (exact) mass is 530 g/mol. The molecule has 0 amide bonds. The van der Waals surface area contributed by atoms with Gasteiger partial charge in [0.1, 0.15) is 9.79 Å². The van der Waals surface area contributed by atoms with Crippen LogP contribution in [0.15, 0.2) is 46.2 Å². The maximum Gasteiger partial charge on any atom is 0.347 e. The molecule has 0 saturated heterocycles. The molecule has 2 aromatic rings. The van der Waals surface area contributed by atoms with Crippen molar-refractivity contribution in [3.63, 3.8) is 0 Å². The molecule has 0 spiro atoms. The Balaban J connectivity index is 2.65. The van der Waals surface area contributed by atoms with Crippen molar-refractivity contribution >= 4 is 44.1 Å². The van der Waals surface area contributed by atoms with Crippen LogP contribution in [0.5, 0.6) is 0 Å². The number of rotatable bonds is 8. The molecule has 0 aliphatic heterocycles. The molecule has 0 heterocycles. The van der Waals surface area contributed by atoms with Gasteiger partial charge in [0.25, 0.3) is 20.2 Å². The number of ether oxygens (including phenoxy) is 1. The van der Waals surface area contributed by atoms with E-state index >= 15 is 0 Å². The highest BCUT2D eigenvalue weighted by Gasteiger charge is 2.33. The highest BCUT2D eigenvalue weighted by atomic mass is 32.2. The van der Waals surface area contributed by atoms with Gasteiger partial charge >= 0.3 is 23.9 Å². The van der Waals surface area contributed by atoms with Gasteiger partial charge in [-0.3, -0.25) is 18.7 Å². The van der Waals surface area contributed by atoms with Crippen LogP contribution < -0.4 is 0 Å². The second-order valence-corrected chi connectivity index (χ2v) is 9.91. The Morgan fingerprint density at radius 1 is 0.686 bits per heavy atom. The van der Waals surface area contributed by atoms with Gasteiger partial charge in [0, 0.05) is 0 Å². The summed E-state index contributed by atoms with van der Waals surface area (Å²) in [4.78, 5) is 45.7. The Labute approximate surface area is 198 Å². The smallest absolute Gasteiger partial charge is 0.347 e. The summed E-state index contributed by atoms with van der Waals surface area (Å²) in [5.41, 5.74) is -2.87. The zero-order valence-electron chi connectivity index (χ0n) is 17.9. The molecule has 188 valence electrons. The molecule has 13 nitrogen and oxygen atoms in total. The number of benzene rings is 2. The summed E-state index contributed by atoms with van der Waals surface area (Å²) >= 11 is 0. The van der Waals surface area contributed by atoms with E-state index in [2.05, 4.69) is 4.74 Å². The molecule has 2 rings (SSSR count). The average molecular weight is 530 g/mol. The number of aliphatic carboxylic acids is 2. The number of hydrogen-bond acceptors (Lipinski definition) is 9. The van der Waals surface area contributed by atoms with E-state index in [1.165, 1.54) is 0 Å². The molecule has 2 atom stereocenters. The molecule has 0 bridgehead atoms. The SMILES string of the molecule is CC(C(=O)O)c1cccc(C(=O)OC(=O)c2cccc(C(C)C(=O)O)c2S(=O)(=O)O)c1S(=O)(=O)O. The first-order valence-corrected chi connectivity index (χ1v) is 12.3. The summed E-state index contributed by atoms with van der Waals surface area (Å²) < 4.78 is 71.5. The molecule has 4 N–H and O–H groups in total. The summed E-state index contributed by atoms with van der Waals surface area (Å²) in [5.74, 6) is -9.45. The van der Waals surface area contributed by atoms with Gasteiger partial charge in [-0.05, 0) is 37.1 Å². The molecule has 15 heteroatoms. The van der Waals surface area contributed by atoms with Gasteiger partial charge in [0.15, 0.2) is 0 Å². The first kappa shape index (κ1) is 27.6. The fourth-order valence-corrected chi connectivity index (χ4v) is 5.09. The topological polar surface area (TPSA) is 227 Å². The second-order valence-electron chi connectivity index (χ2n) is 7.19. The lowest BCUT2D eigenvalue weighted by Crippen LogP contribution is -2.22. The highest BCUT2D eigenvalue weighted by molar-refractivity contribution is 7.86. The van der Waals surface area contributed by atoms with Crippen LogP contribution in [0.1, 0.15) is 57.5 Å². The number of carbonyl (C=O) groups is 4. The minimum absolute atomic E-state index is 0.502. The standard InChI is InChI=1S/C20H18O13S2/c1-9(17(21)22)11-5-3-7-13(15(11)34(27,28)29)19(25)33-20(26)14-8-4-6-12(10(2)18(23)24)16(14)35(30,31)32/h3-10H,1-2H3,(H,21,22)(H,23,24)(H,27,28,29)(H,30,31,32). The van der Waals surface area contributed by atoms with Crippen molar-refractivity contribution in [2.24, 2.45) is 0 Å². The summed E-state index contributed by atoms with van der Waals surface area (Å²) in [6, 6.07) is 5.75. The van der Waals surface area contributed by atoms with Crippen LogP contribution in [-0.2, 0) is 34.6 Å². The number of hydrogen-bond donors (Lipinski definition) is 4. The third kappa shape index (κ3) is 5.89. The lowest BCUT2D eigenvalue weighted by molar-refractivity contribution is -0.139. The van der Waals surface area contributed by atoms with Crippen molar-refractivity contribution in [3.05, 3.63) is 58.7 Å². The van der Waals surface area contributed by atoms with E-state index in [0.717, 1.165) is 50.2 Å². The Bertz CT molecular complexity index is 1330. The quantitative estimate of drug-likeness (QED) is 0.216. The summed E-state index contributed by atoms with van der Waals surface area (Å²) in [6.07, 6.45) is 0. The Morgan fingerprint density at radius 2 is 1.00 bits per heavy atom. The molecule has 0 aromatic heterocycles. The van der Waals surface area contributed by atoms with E-state index in [9.17, 15) is 55.3 Å². The van der Waals surface area contributed by atoms with Crippen LogP contribution in [0.2, 0.25) is 0 Å². The van der Waals surface area contributed by atoms with E-state index in [4.69, 9.17) is 0 Å². The lowest BCUT2D eigenvalue weighted by atomic mass is 9.98. The highest BCUT2D eigenvalue weighted by Crippen LogP contribution is 2.30. The van der Waals surface area contributed by atoms with Crippen LogP contribution in [0, 0.1) is 0 Å². The maximum atomic E-state index is 12.7. The predicted molar refractivity (Wildman–Crippen MR) is 114 cm³/mol. The largest absolute Gasteiger partial charge is 0.481 e. The van der Waals surface area contributed by atoms with Gasteiger partial charge in [0.2, 0.25) is 0 Å². The Kier molecular flexibility index (Phi) is 7.81. The number of esters is 2. The molecular formula is C20H18O13S2. The molecule has 0 saturated carbocycles. The predicted octanol–water partition coefficient (Wildman–Crippen LogP) is 1.55. The normalized spacial score (nSPS) is 13.5. The lowest BCUT2D eigenvalue weighted by Gasteiger charge is -2.16. The summed E-state index contributed by atoms with van der Waals surface area (Å²) in [6.45, 7) is 2.14. The van der Waals surface area contributed by atoms with Crippen molar-refractivity contribution in [1.29, 1.82) is 0 Å². The minimum atomic E-state index is -5.22. The third-order valence-electron chi connectivity index (χ3n) is 4.91. The second kappa shape index (κ2) is 9.91. The zero-order valence-corrected chi connectivity index (χ0v) is 19.5. The van der Waals surface area contributed by atoms with Crippen LogP contribution in [-0.4, -0.2) is 60.0 Å². The van der Waals surface area contributed by atoms with Crippen LogP contribution >= 0.6 is 0 Å². The molecule has 0 aliphatic rings. The van der Waals surface area contributed by atoms with Gasteiger partial charge < -0.3 is 14.9 Å². The van der Waals surface area contributed by atoms with E-state index in [0.29, 0.717) is 0 Å². The van der Waals surface area contributed by atoms with Crippen molar-refractivity contribution in [2.45, 2.75) is 35.5 Å². The molecule has 2 aromatic carbocycles. The van der Waals surface area contributed by atoms with Crippen LogP contribution in [0.4, 0.5) is 0 Å². The Hall–Kier alpha value is -3.66. The summed E-state index contributed by atoms with van der Waals surface area (Å²) in [5, 5.41) is 18.4. The van der Waals surface area contributed by atoms with Gasteiger partial charge in [-0.15, -0.1) is 0 Å². The maximum absolute atomic E-state index is 12.7. The third-order valence-corrected chi connectivity index (χ3v) is 6.85. The molecular weight excluding hydrogens is 512 g/mol. The number of carboxylic acids is 2. The van der Waals surface area contributed by atoms with Gasteiger partial charge in [-0.2, -0.15) is 16.8 Å². The summed E-state index contributed by atoms with van der Waals surface area (Å²) in [7, 11) is -10.4. The molecule has 2 unspecified atom stereocenters. The first-order chi connectivity index (χ1) is 16.0. The van der Waals surface area contributed by atoms with Crippen molar-refractivity contribution < 1.29 is 60.1 Å². The van der Waals surface area contributed by atoms with E-state index in [-0.39, 0.29) is 0 Å². The van der Waals surface area contributed by atoms with Gasteiger partial charge in [-0.25, -0.2) is 9.59 Å². The molecule has 35 heavy (non-hydrogen) atoms. The van der Waals surface area contributed by atoms with E-state index < -0.39 is 88.0 Å². The van der Waals surface area contributed by atoms with Crippen molar-refractivity contribution in [1.82, 2.24) is 0 Å². The van der Waals surface area contributed by atoms with Crippen LogP contribution in [0.3, 0.4) is 0 Å². The van der Waals surface area contributed by atoms with Crippen molar-refractivity contribution in [2.75, 3.05) is 0 Å². The Morgan fingerprint density at radius 3 is 1.26 bits per heavy atom. The minimum Gasteiger partial charge on any atom is -0.481 e. The van der Waals surface area contributed by atoms with Crippen molar-refractivity contribution in [3.8, 4) is 0 Å². The van der Waals surface area contributed by atoms with Gasteiger partial charge in [0.05, 0.1) is 23.0 Å². The number of carbonyl (C=O) groups excluding carboxylic acids is 2. The van der Waals surface area contributed by atoms with Gasteiger partial charge in [-0.1, -0.05) is 24.3 Å². The number of carboxylic acid groups (broad SMARTS) is 2. The molecule has 0 fully saturated rings. The average Bonchev–Trinajstić information content (AvgIpc) is 2.75. The molecule has 0 radical (unpaired) electrons. The molecule has 0 aliphatic carbocycles. The van der Waals surface area contributed by atoms with Crippen LogP contribution in [0.25, 0.3) is 0 Å². The zero-order chi connectivity index (χ0) is 26.9. The fourth-order valence-electron chi connectivity index (χ4n) is 3.15. The first-order valence-electron chi connectivity index (χ1n) is 9.41.